The molecule has 9 heteroatoms. The van der Waals surface area contributed by atoms with E-state index < -0.39 is 49.8 Å². The Morgan fingerprint density at radius 1 is 0.762 bits per heavy atom. The fourth-order valence-corrected chi connectivity index (χ4v) is 2.39. The molecule has 0 saturated carbocycles. The van der Waals surface area contributed by atoms with Gasteiger partial charge in [-0.3, -0.25) is 0 Å². The Kier molecular flexibility index (Phi) is 3.86. The Balaban J connectivity index is 2.43. The van der Waals surface area contributed by atoms with Gasteiger partial charge in [0.1, 0.15) is 10.6 Å². The van der Waals surface area contributed by atoms with Gasteiger partial charge < -0.3 is 4.18 Å². The molecule has 0 amide bonds. The lowest BCUT2D eigenvalue weighted by molar-refractivity contribution is 0.422. The van der Waals surface area contributed by atoms with Crippen LogP contribution in [-0.4, -0.2) is 8.42 Å². The number of benzene rings is 2. The Labute approximate surface area is 115 Å². The van der Waals surface area contributed by atoms with E-state index >= 15 is 0 Å². The van der Waals surface area contributed by atoms with E-state index in [2.05, 4.69) is 4.18 Å². The lowest BCUT2D eigenvalue weighted by Crippen LogP contribution is -2.13. The normalized spacial score (nSPS) is 11.5. The maximum atomic E-state index is 13.4. The van der Waals surface area contributed by atoms with Crippen molar-refractivity contribution in [2.45, 2.75) is 4.90 Å². The SMILES string of the molecule is O=S(=O)(Oc1ccc(F)c(F)c1)c1ccc(F)c(F)c1F. The van der Waals surface area contributed by atoms with Crippen LogP contribution in [0.2, 0.25) is 0 Å². The van der Waals surface area contributed by atoms with Gasteiger partial charge in [0, 0.05) is 6.07 Å². The predicted molar refractivity (Wildman–Crippen MR) is 60.5 cm³/mol. The van der Waals surface area contributed by atoms with Gasteiger partial charge in [0.2, 0.25) is 0 Å². The zero-order valence-corrected chi connectivity index (χ0v) is 10.7. The van der Waals surface area contributed by atoms with Crippen molar-refractivity contribution in [2.75, 3.05) is 0 Å². The first-order valence-electron chi connectivity index (χ1n) is 5.25. The molecular formula is C12H5F5O3S. The van der Waals surface area contributed by atoms with Gasteiger partial charge in [0.05, 0.1) is 0 Å². The van der Waals surface area contributed by atoms with Crippen molar-refractivity contribution in [1.29, 1.82) is 0 Å². The van der Waals surface area contributed by atoms with Crippen molar-refractivity contribution < 1.29 is 34.6 Å². The minimum atomic E-state index is -4.88. The van der Waals surface area contributed by atoms with Crippen molar-refractivity contribution in [3.8, 4) is 5.75 Å². The molecule has 0 heterocycles. The van der Waals surface area contributed by atoms with E-state index in [1.807, 2.05) is 0 Å². The Morgan fingerprint density at radius 2 is 1.38 bits per heavy atom. The minimum absolute atomic E-state index is 0.389. The van der Waals surface area contributed by atoms with E-state index in [0.717, 1.165) is 6.07 Å². The minimum Gasteiger partial charge on any atom is -0.379 e. The molecule has 0 bridgehead atoms. The summed E-state index contributed by atoms with van der Waals surface area (Å²) >= 11 is 0. The Hall–Kier alpha value is -2.16. The zero-order valence-electron chi connectivity index (χ0n) is 9.91. The number of hydrogen-bond acceptors (Lipinski definition) is 3. The molecule has 0 saturated heterocycles. The molecule has 21 heavy (non-hydrogen) atoms. The van der Waals surface area contributed by atoms with Gasteiger partial charge in [-0.1, -0.05) is 0 Å². The molecule has 0 aliphatic carbocycles. The molecule has 0 unspecified atom stereocenters. The van der Waals surface area contributed by atoms with Crippen molar-refractivity contribution in [3.05, 3.63) is 59.4 Å². The summed E-state index contributed by atoms with van der Waals surface area (Å²) in [4.78, 5) is -1.27. The van der Waals surface area contributed by atoms with Gasteiger partial charge in [-0.25, -0.2) is 22.0 Å². The van der Waals surface area contributed by atoms with Crippen LogP contribution in [0.15, 0.2) is 35.2 Å². The molecule has 0 fully saturated rings. The number of hydrogen-bond donors (Lipinski definition) is 0. The van der Waals surface area contributed by atoms with Crippen molar-refractivity contribution in [2.24, 2.45) is 0 Å². The Morgan fingerprint density at radius 3 is 2.00 bits per heavy atom. The highest BCUT2D eigenvalue weighted by Crippen LogP contribution is 2.24. The maximum absolute atomic E-state index is 13.4. The molecule has 2 aromatic rings. The third-order valence-electron chi connectivity index (χ3n) is 2.37. The number of rotatable bonds is 3. The van der Waals surface area contributed by atoms with Crippen molar-refractivity contribution in [3.63, 3.8) is 0 Å². The Bertz CT molecular complexity index is 805. The molecule has 2 rings (SSSR count). The average molecular weight is 324 g/mol. The predicted octanol–water partition coefficient (Wildman–Crippen LogP) is 3.15. The fourth-order valence-electron chi connectivity index (χ4n) is 1.40. The van der Waals surface area contributed by atoms with Gasteiger partial charge in [-0.2, -0.15) is 8.42 Å². The van der Waals surface area contributed by atoms with E-state index in [1.54, 1.807) is 0 Å². The highest BCUT2D eigenvalue weighted by atomic mass is 32.2. The average Bonchev–Trinajstić information content (AvgIpc) is 2.39. The molecule has 0 N–H and O–H groups in total. The number of halogens is 5. The molecular weight excluding hydrogens is 319 g/mol. The van der Waals surface area contributed by atoms with Crippen molar-refractivity contribution in [1.82, 2.24) is 0 Å². The van der Waals surface area contributed by atoms with Crippen molar-refractivity contribution >= 4 is 10.1 Å². The third kappa shape index (κ3) is 2.97. The first-order valence-corrected chi connectivity index (χ1v) is 6.66. The topological polar surface area (TPSA) is 43.4 Å². The smallest absolute Gasteiger partial charge is 0.342 e. The van der Waals surface area contributed by atoms with Gasteiger partial charge in [0.25, 0.3) is 0 Å². The lowest BCUT2D eigenvalue weighted by atomic mass is 10.3. The summed E-state index contributed by atoms with van der Waals surface area (Å²) in [5.41, 5.74) is 0. The second kappa shape index (κ2) is 5.32. The summed E-state index contributed by atoms with van der Waals surface area (Å²) in [6, 6.07) is 2.60. The standard InChI is InChI=1S/C12H5F5O3S/c13-7-2-1-6(5-9(7)15)20-21(18,19)10-4-3-8(14)11(16)12(10)17/h1-5H. The van der Waals surface area contributed by atoms with E-state index in [1.165, 1.54) is 0 Å². The summed E-state index contributed by atoms with van der Waals surface area (Å²) in [6.07, 6.45) is 0. The van der Waals surface area contributed by atoms with E-state index in [4.69, 9.17) is 0 Å². The highest BCUT2D eigenvalue weighted by molar-refractivity contribution is 7.87. The van der Waals surface area contributed by atoms with Gasteiger partial charge >= 0.3 is 10.1 Å². The van der Waals surface area contributed by atoms with E-state index in [0.29, 0.717) is 24.3 Å². The van der Waals surface area contributed by atoms with Crippen LogP contribution < -0.4 is 4.18 Å². The lowest BCUT2D eigenvalue weighted by Gasteiger charge is -2.08. The zero-order chi connectivity index (χ0) is 15.8. The second-order valence-corrected chi connectivity index (χ2v) is 5.30. The highest BCUT2D eigenvalue weighted by Gasteiger charge is 2.26. The largest absolute Gasteiger partial charge is 0.379 e. The summed E-state index contributed by atoms with van der Waals surface area (Å²) in [5.74, 6) is -8.85. The van der Waals surface area contributed by atoms with Crippen LogP contribution in [-0.2, 0) is 10.1 Å². The first-order chi connectivity index (χ1) is 9.72. The molecule has 3 nitrogen and oxygen atoms in total. The van der Waals surface area contributed by atoms with Gasteiger partial charge in [0.15, 0.2) is 29.1 Å². The molecule has 0 radical (unpaired) electrons. The maximum Gasteiger partial charge on any atom is 0.342 e. The summed E-state index contributed by atoms with van der Waals surface area (Å²) < 4.78 is 92.5. The fraction of sp³-hybridized carbons (Fsp3) is 0. The van der Waals surface area contributed by atoms with Crippen LogP contribution in [0.4, 0.5) is 22.0 Å². The quantitative estimate of drug-likeness (QED) is 0.495. The van der Waals surface area contributed by atoms with Crippen LogP contribution in [0.1, 0.15) is 0 Å². The summed E-state index contributed by atoms with van der Waals surface area (Å²) in [5, 5.41) is 0. The molecule has 0 aromatic heterocycles. The van der Waals surface area contributed by atoms with Crippen LogP contribution in [0.25, 0.3) is 0 Å². The molecule has 0 aliphatic rings. The van der Waals surface area contributed by atoms with E-state index in [9.17, 15) is 30.4 Å². The summed E-state index contributed by atoms with van der Waals surface area (Å²) in [7, 11) is -4.88. The van der Waals surface area contributed by atoms with Gasteiger partial charge in [-0.05, 0) is 24.3 Å². The van der Waals surface area contributed by atoms with E-state index in [-0.39, 0.29) is 0 Å². The second-order valence-electron chi connectivity index (χ2n) is 3.79. The molecule has 112 valence electrons. The van der Waals surface area contributed by atoms with Crippen LogP contribution in [0, 0.1) is 29.1 Å². The molecule has 0 atom stereocenters. The van der Waals surface area contributed by atoms with Crippen LogP contribution in [0.3, 0.4) is 0 Å². The summed E-state index contributed by atoms with van der Waals surface area (Å²) in [6.45, 7) is 0. The molecule has 0 aliphatic heterocycles. The van der Waals surface area contributed by atoms with Crippen LogP contribution in [0.5, 0.6) is 5.75 Å². The third-order valence-corrected chi connectivity index (χ3v) is 3.63. The monoisotopic (exact) mass is 324 g/mol. The molecule has 0 spiro atoms. The van der Waals surface area contributed by atoms with Crippen LogP contribution >= 0.6 is 0 Å². The first kappa shape index (κ1) is 15.2. The molecule has 2 aromatic carbocycles. The van der Waals surface area contributed by atoms with Gasteiger partial charge in [-0.15, -0.1) is 0 Å².